The Bertz CT molecular complexity index is 528. The Morgan fingerprint density at radius 3 is 3.19 bits per heavy atom. The topological polar surface area (TPSA) is 51.2 Å². The highest BCUT2D eigenvalue weighted by Gasteiger charge is 2.23. The lowest BCUT2D eigenvalue weighted by Gasteiger charge is -2.26. The molecule has 3 rings (SSSR count). The molecule has 1 unspecified atom stereocenters. The lowest BCUT2D eigenvalue weighted by atomic mass is 9.83. The van der Waals surface area contributed by atoms with Crippen molar-refractivity contribution in [3.8, 4) is 0 Å². The molecule has 4 heteroatoms. The highest BCUT2D eigenvalue weighted by Crippen LogP contribution is 2.31. The number of rotatable bonds is 4. The highest BCUT2D eigenvalue weighted by atomic mass is 16.5. The lowest BCUT2D eigenvalue weighted by molar-refractivity contribution is -0.143. The van der Waals surface area contributed by atoms with Gasteiger partial charge in [-0.2, -0.15) is 0 Å². The van der Waals surface area contributed by atoms with Gasteiger partial charge in [0, 0.05) is 18.7 Å². The van der Waals surface area contributed by atoms with Crippen LogP contribution < -0.4 is 5.32 Å². The Labute approximate surface area is 126 Å². The van der Waals surface area contributed by atoms with E-state index in [1.807, 2.05) is 6.92 Å². The number of fused-ring (bicyclic) bond motifs is 2. The first-order valence-electron chi connectivity index (χ1n) is 8.17. The van der Waals surface area contributed by atoms with Gasteiger partial charge in [0.1, 0.15) is 5.82 Å². The Morgan fingerprint density at radius 2 is 2.33 bits per heavy atom. The van der Waals surface area contributed by atoms with Gasteiger partial charge >= 0.3 is 5.97 Å². The standard InChI is InChI=1S/C17H24N2O2/c1-2-21-16(20)8-6-12-5-7-13-11-14-4-3-9-18-17(14)19-15(13)10-12/h11-12H,2-10H2,1H3,(H,18,19). The summed E-state index contributed by atoms with van der Waals surface area (Å²) in [5.41, 5.74) is 4.04. The summed E-state index contributed by atoms with van der Waals surface area (Å²) in [6.07, 6.45) is 7.08. The molecule has 1 aromatic heterocycles. The number of hydrogen-bond acceptors (Lipinski definition) is 4. The average molecular weight is 288 g/mol. The number of carbonyl (C=O) groups excluding carboxylic acids is 1. The Morgan fingerprint density at radius 1 is 1.43 bits per heavy atom. The van der Waals surface area contributed by atoms with Gasteiger partial charge in [-0.05, 0) is 62.5 Å². The molecule has 1 N–H and O–H groups in total. The van der Waals surface area contributed by atoms with Crippen LogP contribution >= 0.6 is 0 Å². The fourth-order valence-corrected chi connectivity index (χ4v) is 3.40. The van der Waals surface area contributed by atoms with Crippen LogP contribution in [-0.2, 0) is 28.8 Å². The van der Waals surface area contributed by atoms with Crippen molar-refractivity contribution in [2.45, 2.75) is 51.9 Å². The molecule has 0 bridgehead atoms. The van der Waals surface area contributed by atoms with Gasteiger partial charge in [0.25, 0.3) is 0 Å². The third-order valence-corrected chi connectivity index (χ3v) is 4.55. The number of aromatic nitrogens is 1. The van der Waals surface area contributed by atoms with Crippen LogP contribution in [0.4, 0.5) is 5.82 Å². The first-order chi connectivity index (χ1) is 10.3. The third-order valence-electron chi connectivity index (χ3n) is 4.55. The summed E-state index contributed by atoms with van der Waals surface area (Å²) in [5, 5.41) is 3.41. The van der Waals surface area contributed by atoms with E-state index in [2.05, 4.69) is 11.4 Å². The van der Waals surface area contributed by atoms with E-state index in [0.717, 1.165) is 38.0 Å². The van der Waals surface area contributed by atoms with Gasteiger partial charge < -0.3 is 10.1 Å². The van der Waals surface area contributed by atoms with E-state index in [0.29, 0.717) is 18.9 Å². The van der Waals surface area contributed by atoms with E-state index < -0.39 is 0 Å². The van der Waals surface area contributed by atoms with Crippen LogP contribution in [0.5, 0.6) is 0 Å². The van der Waals surface area contributed by atoms with Crippen molar-refractivity contribution in [2.75, 3.05) is 18.5 Å². The van der Waals surface area contributed by atoms with Crippen LogP contribution in [0, 0.1) is 5.92 Å². The minimum atomic E-state index is -0.0663. The van der Waals surface area contributed by atoms with Gasteiger partial charge in [-0.3, -0.25) is 4.79 Å². The molecule has 2 heterocycles. The van der Waals surface area contributed by atoms with E-state index in [1.54, 1.807) is 0 Å². The number of pyridine rings is 1. The monoisotopic (exact) mass is 288 g/mol. The first kappa shape index (κ1) is 14.4. The fourth-order valence-electron chi connectivity index (χ4n) is 3.40. The molecule has 0 saturated heterocycles. The number of carbonyl (C=O) groups is 1. The summed E-state index contributed by atoms with van der Waals surface area (Å²) >= 11 is 0. The normalized spacial score (nSPS) is 20.1. The number of anilines is 1. The average Bonchev–Trinajstić information content (AvgIpc) is 2.51. The van der Waals surface area contributed by atoms with E-state index in [-0.39, 0.29) is 5.97 Å². The molecule has 2 aliphatic rings. The van der Waals surface area contributed by atoms with E-state index >= 15 is 0 Å². The lowest BCUT2D eigenvalue weighted by Crippen LogP contribution is -2.21. The van der Waals surface area contributed by atoms with Crippen molar-refractivity contribution < 1.29 is 9.53 Å². The fraction of sp³-hybridized carbons (Fsp3) is 0.647. The molecule has 1 aliphatic heterocycles. The second-order valence-electron chi connectivity index (χ2n) is 6.08. The largest absolute Gasteiger partial charge is 0.466 e. The molecule has 0 aromatic carbocycles. The molecule has 1 aliphatic carbocycles. The number of nitrogens with one attached hydrogen (secondary N) is 1. The molecule has 114 valence electrons. The summed E-state index contributed by atoms with van der Waals surface area (Å²) < 4.78 is 5.01. The maximum atomic E-state index is 11.5. The number of ether oxygens (including phenoxy) is 1. The van der Waals surface area contributed by atoms with Gasteiger partial charge in [0.05, 0.1) is 6.61 Å². The quantitative estimate of drug-likeness (QED) is 0.866. The summed E-state index contributed by atoms with van der Waals surface area (Å²) in [6, 6.07) is 2.35. The second-order valence-corrected chi connectivity index (χ2v) is 6.08. The molecular weight excluding hydrogens is 264 g/mol. The first-order valence-corrected chi connectivity index (χ1v) is 8.17. The van der Waals surface area contributed by atoms with Crippen molar-refractivity contribution >= 4 is 11.8 Å². The van der Waals surface area contributed by atoms with E-state index in [1.165, 1.54) is 29.7 Å². The number of aryl methyl sites for hydroxylation is 2. The van der Waals surface area contributed by atoms with Gasteiger partial charge in [0.15, 0.2) is 0 Å². The SMILES string of the molecule is CCOC(=O)CCC1CCc2cc3c(nc2C1)NCCC3. The summed E-state index contributed by atoms with van der Waals surface area (Å²) in [6.45, 7) is 3.37. The van der Waals surface area contributed by atoms with E-state index in [4.69, 9.17) is 9.72 Å². The summed E-state index contributed by atoms with van der Waals surface area (Å²) in [4.78, 5) is 16.3. The second kappa shape index (κ2) is 6.46. The predicted molar refractivity (Wildman–Crippen MR) is 82.4 cm³/mol. The Balaban J connectivity index is 1.63. The molecule has 0 fully saturated rings. The number of esters is 1. The number of hydrogen-bond donors (Lipinski definition) is 1. The van der Waals surface area contributed by atoms with Crippen molar-refractivity contribution in [3.63, 3.8) is 0 Å². The zero-order valence-corrected chi connectivity index (χ0v) is 12.8. The van der Waals surface area contributed by atoms with Gasteiger partial charge in [-0.15, -0.1) is 0 Å². The maximum absolute atomic E-state index is 11.5. The summed E-state index contributed by atoms with van der Waals surface area (Å²) in [7, 11) is 0. The molecule has 0 spiro atoms. The van der Waals surface area contributed by atoms with Crippen molar-refractivity contribution in [2.24, 2.45) is 5.92 Å². The van der Waals surface area contributed by atoms with Crippen LogP contribution in [0.15, 0.2) is 6.07 Å². The van der Waals surface area contributed by atoms with Crippen LogP contribution in [-0.4, -0.2) is 24.1 Å². The van der Waals surface area contributed by atoms with Crippen molar-refractivity contribution in [3.05, 3.63) is 22.9 Å². The van der Waals surface area contributed by atoms with Crippen LogP contribution in [0.1, 0.15) is 49.4 Å². The Kier molecular flexibility index (Phi) is 4.42. The zero-order valence-electron chi connectivity index (χ0n) is 12.8. The van der Waals surface area contributed by atoms with Gasteiger partial charge in [-0.25, -0.2) is 4.98 Å². The van der Waals surface area contributed by atoms with Crippen LogP contribution in [0.25, 0.3) is 0 Å². The molecule has 1 atom stereocenters. The minimum Gasteiger partial charge on any atom is -0.466 e. The minimum absolute atomic E-state index is 0.0663. The predicted octanol–water partition coefficient (Wildman–Crippen LogP) is 2.89. The molecular formula is C17H24N2O2. The zero-order chi connectivity index (χ0) is 14.7. The van der Waals surface area contributed by atoms with Crippen LogP contribution in [0.3, 0.4) is 0 Å². The van der Waals surface area contributed by atoms with Crippen molar-refractivity contribution in [1.82, 2.24) is 4.98 Å². The molecule has 0 radical (unpaired) electrons. The number of nitrogens with zero attached hydrogens (tertiary/aromatic N) is 1. The van der Waals surface area contributed by atoms with Gasteiger partial charge in [0.2, 0.25) is 0 Å². The summed E-state index contributed by atoms with van der Waals surface area (Å²) in [5.74, 6) is 1.59. The molecule has 0 amide bonds. The van der Waals surface area contributed by atoms with Crippen LogP contribution in [0.2, 0.25) is 0 Å². The van der Waals surface area contributed by atoms with Gasteiger partial charge in [-0.1, -0.05) is 6.07 Å². The molecule has 21 heavy (non-hydrogen) atoms. The molecule has 4 nitrogen and oxygen atoms in total. The molecule has 1 aromatic rings. The Hall–Kier alpha value is -1.58. The highest BCUT2D eigenvalue weighted by molar-refractivity contribution is 5.69. The third kappa shape index (κ3) is 3.36. The van der Waals surface area contributed by atoms with E-state index in [9.17, 15) is 4.79 Å². The maximum Gasteiger partial charge on any atom is 0.305 e. The smallest absolute Gasteiger partial charge is 0.305 e. The molecule has 0 saturated carbocycles. The van der Waals surface area contributed by atoms with Crippen molar-refractivity contribution in [1.29, 1.82) is 0 Å².